The van der Waals surface area contributed by atoms with E-state index in [1.165, 1.54) is 30.4 Å². The van der Waals surface area contributed by atoms with Crippen LogP contribution in [0, 0.1) is 11.3 Å². The van der Waals surface area contributed by atoms with Crippen LogP contribution in [-0.2, 0) is 5.41 Å². The van der Waals surface area contributed by atoms with Gasteiger partial charge in [-0.15, -0.1) is 0 Å². The summed E-state index contributed by atoms with van der Waals surface area (Å²) in [7, 11) is 0. The first-order valence-corrected chi connectivity index (χ1v) is 10.1. The molecule has 5 unspecified atom stereocenters. The monoisotopic (exact) mass is 364 g/mol. The molecular weight excluding hydrogens is 336 g/mol. The van der Waals surface area contributed by atoms with Gasteiger partial charge >= 0.3 is 0 Å². The van der Waals surface area contributed by atoms with E-state index in [0.717, 1.165) is 16.9 Å². The maximum absolute atomic E-state index is 9.80. The van der Waals surface area contributed by atoms with Gasteiger partial charge in [-0.3, -0.25) is 0 Å². The van der Waals surface area contributed by atoms with Crippen molar-refractivity contribution in [1.82, 2.24) is 0 Å². The number of benzene rings is 2. The van der Waals surface area contributed by atoms with E-state index in [1.807, 2.05) is 24.3 Å². The molecule has 3 aliphatic rings. The Kier molecular flexibility index (Phi) is 3.43. The van der Waals surface area contributed by atoms with Crippen molar-refractivity contribution in [2.24, 2.45) is 11.3 Å². The molecule has 1 aliphatic heterocycles. The molecule has 2 aliphatic carbocycles. The van der Waals surface area contributed by atoms with Crippen LogP contribution in [0.1, 0.15) is 57.3 Å². The highest BCUT2D eigenvalue weighted by Crippen LogP contribution is 2.73. The Morgan fingerprint density at radius 2 is 1.78 bits per heavy atom. The maximum atomic E-state index is 9.80. The van der Waals surface area contributed by atoms with Gasteiger partial charge in [-0.25, -0.2) is 0 Å². The Hall–Kier alpha value is -1.84. The van der Waals surface area contributed by atoms with Crippen LogP contribution in [0.25, 0.3) is 11.1 Å². The Morgan fingerprint density at radius 3 is 2.48 bits per heavy atom. The van der Waals surface area contributed by atoms with E-state index in [-0.39, 0.29) is 17.6 Å². The molecule has 0 saturated heterocycles. The zero-order valence-corrected chi connectivity index (χ0v) is 16.3. The summed E-state index contributed by atoms with van der Waals surface area (Å²) in [5, 5.41) is 18.9. The summed E-state index contributed by atoms with van der Waals surface area (Å²) in [5.41, 5.74) is 4.64. The second-order valence-corrected chi connectivity index (χ2v) is 9.37. The largest absolute Gasteiger partial charge is 0.486 e. The fraction of sp³-hybridized carbons (Fsp3) is 0.500. The Morgan fingerprint density at radius 1 is 1.07 bits per heavy atom. The van der Waals surface area contributed by atoms with Crippen molar-refractivity contribution in [2.45, 2.75) is 57.2 Å². The number of ether oxygens (including phenoxy) is 1. The predicted octanol–water partition coefficient (Wildman–Crippen LogP) is 4.61. The molecule has 142 valence electrons. The topological polar surface area (TPSA) is 49.7 Å². The highest BCUT2D eigenvalue weighted by Gasteiger charge is 2.73. The second-order valence-electron chi connectivity index (χ2n) is 9.37. The van der Waals surface area contributed by atoms with E-state index in [9.17, 15) is 5.11 Å². The minimum Gasteiger partial charge on any atom is -0.486 e. The van der Waals surface area contributed by atoms with Gasteiger partial charge in [0.15, 0.2) is 0 Å². The van der Waals surface area contributed by atoms with Crippen molar-refractivity contribution in [2.75, 3.05) is 6.61 Å². The lowest BCUT2D eigenvalue weighted by Crippen LogP contribution is -2.54. The smallest absolute Gasteiger partial charge is 0.124 e. The van der Waals surface area contributed by atoms with Gasteiger partial charge in [0.05, 0.1) is 6.61 Å². The van der Waals surface area contributed by atoms with Crippen LogP contribution in [0.5, 0.6) is 5.75 Å². The number of hydrogen-bond acceptors (Lipinski definition) is 3. The Balaban J connectivity index is 1.58. The number of aliphatic hydroxyl groups excluding tert-OH is 2. The molecule has 2 N–H and O–H groups in total. The number of rotatable bonds is 3. The molecule has 2 aromatic carbocycles. The van der Waals surface area contributed by atoms with Crippen molar-refractivity contribution in [3.05, 3.63) is 53.6 Å². The lowest BCUT2D eigenvalue weighted by molar-refractivity contribution is -0.0260. The van der Waals surface area contributed by atoms with Gasteiger partial charge in [-0.05, 0) is 66.3 Å². The van der Waals surface area contributed by atoms with Gasteiger partial charge in [0.2, 0.25) is 0 Å². The van der Waals surface area contributed by atoms with Gasteiger partial charge < -0.3 is 14.9 Å². The van der Waals surface area contributed by atoms with Crippen LogP contribution in [-0.4, -0.2) is 22.4 Å². The minimum absolute atomic E-state index is 0.0429. The molecule has 1 heterocycles. The summed E-state index contributed by atoms with van der Waals surface area (Å²) in [6.45, 7) is 6.94. The molecule has 0 amide bonds. The summed E-state index contributed by atoms with van der Waals surface area (Å²) in [6.07, 6.45) is 3.00. The zero-order valence-electron chi connectivity index (χ0n) is 16.3. The first-order chi connectivity index (χ1) is 12.8. The molecule has 3 nitrogen and oxygen atoms in total. The fourth-order valence-corrected chi connectivity index (χ4v) is 6.37. The highest BCUT2D eigenvalue weighted by molar-refractivity contribution is 5.68. The quantitative estimate of drug-likeness (QED) is 0.836. The molecule has 0 radical (unpaired) electrons. The van der Waals surface area contributed by atoms with Crippen molar-refractivity contribution >= 4 is 0 Å². The van der Waals surface area contributed by atoms with E-state index < -0.39 is 6.10 Å². The van der Waals surface area contributed by atoms with Crippen molar-refractivity contribution in [3.8, 4) is 16.9 Å². The molecule has 5 rings (SSSR count). The molecule has 2 saturated carbocycles. The molecule has 2 aromatic rings. The van der Waals surface area contributed by atoms with E-state index in [0.29, 0.717) is 11.3 Å². The fourth-order valence-electron chi connectivity index (χ4n) is 6.37. The van der Waals surface area contributed by atoms with Crippen LogP contribution < -0.4 is 4.74 Å². The Labute approximate surface area is 161 Å². The highest BCUT2D eigenvalue weighted by atomic mass is 16.5. The van der Waals surface area contributed by atoms with Gasteiger partial charge in [0.25, 0.3) is 0 Å². The average molecular weight is 364 g/mol. The first kappa shape index (κ1) is 17.3. The van der Waals surface area contributed by atoms with Crippen LogP contribution in [0.15, 0.2) is 42.5 Å². The van der Waals surface area contributed by atoms with Crippen molar-refractivity contribution in [3.63, 3.8) is 0 Å². The summed E-state index contributed by atoms with van der Waals surface area (Å²) in [5.74, 6) is 1.69. The van der Waals surface area contributed by atoms with Crippen LogP contribution in [0.4, 0.5) is 0 Å². The molecule has 2 fully saturated rings. The van der Waals surface area contributed by atoms with Crippen LogP contribution in [0.2, 0.25) is 0 Å². The summed E-state index contributed by atoms with van der Waals surface area (Å²) >= 11 is 0. The minimum atomic E-state index is -0.818. The van der Waals surface area contributed by atoms with Gasteiger partial charge in [0, 0.05) is 11.0 Å². The van der Waals surface area contributed by atoms with Crippen molar-refractivity contribution in [1.29, 1.82) is 0 Å². The SMILES string of the molecule is CC12CCC(C1)C1(C)Oc3ccc(-c4ccc(C(O)CO)cc4)cc3C21C. The lowest BCUT2D eigenvalue weighted by Gasteiger charge is -2.48. The third kappa shape index (κ3) is 1.99. The normalized spacial score (nSPS) is 37.0. The maximum Gasteiger partial charge on any atom is 0.124 e. The zero-order chi connectivity index (χ0) is 19.0. The molecule has 0 aromatic heterocycles. The van der Waals surface area contributed by atoms with E-state index >= 15 is 0 Å². The van der Waals surface area contributed by atoms with Gasteiger partial charge in [-0.1, -0.05) is 44.2 Å². The summed E-state index contributed by atoms with van der Waals surface area (Å²) in [6, 6.07) is 14.4. The molecular formula is C24H28O3. The number of hydrogen-bond donors (Lipinski definition) is 2. The van der Waals surface area contributed by atoms with Crippen LogP contribution in [0.3, 0.4) is 0 Å². The third-order valence-corrected chi connectivity index (χ3v) is 8.36. The third-order valence-electron chi connectivity index (χ3n) is 8.36. The molecule has 2 bridgehead atoms. The van der Waals surface area contributed by atoms with E-state index in [2.05, 4.69) is 39.0 Å². The van der Waals surface area contributed by atoms with Gasteiger partial charge in [0.1, 0.15) is 17.5 Å². The number of aliphatic hydroxyl groups is 2. The van der Waals surface area contributed by atoms with E-state index in [4.69, 9.17) is 9.84 Å². The number of fused-ring (bicyclic) bond motifs is 7. The lowest BCUT2D eigenvalue weighted by atomic mass is 9.56. The molecule has 3 heteroatoms. The summed E-state index contributed by atoms with van der Waals surface area (Å²) < 4.78 is 6.62. The van der Waals surface area contributed by atoms with Crippen molar-refractivity contribution < 1.29 is 14.9 Å². The molecule has 5 atom stereocenters. The second kappa shape index (κ2) is 5.36. The average Bonchev–Trinajstić information content (AvgIpc) is 3.25. The first-order valence-electron chi connectivity index (χ1n) is 10.1. The van der Waals surface area contributed by atoms with E-state index in [1.54, 1.807) is 0 Å². The predicted molar refractivity (Wildman–Crippen MR) is 106 cm³/mol. The van der Waals surface area contributed by atoms with Crippen LogP contribution >= 0.6 is 0 Å². The Bertz CT molecular complexity index is 904. The van der Waals surface area contributed by atoms with Gasteiger partial charge in [-0.2, -0.15) is 0 Å². The summed E-state index contributed by atoms with van der Waals surface area (Å²) in [4.78, 5) is 0. The molecule has 27 heavy (non-hydrogen) atoms. The standard InChI is InChI=1S/C24H28O3/c1-22-11-10-18(13-22)24(3)23(22,2)19-12-17(8-9-21(19)27-24)15-4-6-16(7-5-15)20(26)14-25/h4-9,12,18,20,25-26H,10-11,13-14H2,1-3H3. The molecule has 0 spiro atoms.